The molecule has 3 aromatic carbocycles. The van der Waals surface area contributed by atoms with E-state index in [1.165, 1.54) is 0 Å². The molecule has 158 valence electrons. The van der Waals surface area contributed by atoms with Gasteiger partial charge in [-0.3, -0.25) is 0 Å². The minimum Gasteiger partial charge on any atom is -0.455 e. The highest BCUT2D eigenvalue weighted by atomic mass is 19.1. The Hall–Kier alpha value is -4.11. The minimum absolute atomic E-state index is 0.179. The van der Waals surface area contributed by atoms with E-state index in [0.717, 1.165) is 23.8 Å². The molecule has 4 aromatic rings. The number of ether oxygens (including phenoxy) is 2. The number of esters is 1. The quantitative estimate of drug-likeness (QED) is 0.272. The summed E-state index contributed by atoms with van der Waals surface area (Å²) in [5.74, 6) is 3.53. The van der Waals surface area contributed by atoms with Gasteiger partial charge >= 0.3 is 5.97 Å². The van der Waals surface area contributed by atoms with Gasteiger partial charge in [-0.2, -0.15) is 0 Å². The number of carbonyl (C=O) groups excluding carboxylic acids is 1. The Kier molecular flexibility index (Phi) is 4.49. The zero-order valence-corrected chi connectivity index (χ0v) is 17.2. The summed E-state index contributed by atoms with van der Waals surface area (Å²) in [6.07, 6.45) is 0. The molecular weight excluding hydrogens is 414 g/mol. The Balaban J connectivity index is 1.74. The summed E-state index contributed by atoms with van der Waals surface area (Å²) in [5, 5.41) is 0.562. The second-order valence-corrected chi connectivity index (χ2v) is 7.82. The number of fused-ring (bicyclic) bond motifs is 2. The van der Waals surface area contributed by atoms with Crippen molar-refractivity contribution in [3.63, 3.8) is 0 Å². The molecule has 2 heterocycles. The molecule has 0 amide bonds. The maximum Gasteiger partial charge on any atom is 0.345 e. The minimum atomic E-state index is -1.10. The standard InChI is InChI=1S/C26H16F2O4/c1-26(2)31-23-14-22-20(13-21(23)25(29)32-26)19(24(30-22)16-6-4-3-5-7-16)9-8-15-10-17(27)12-18(28)11-15/h3-7,10-14H,1-2H3. The first-order valence-corrected chi connectivity index (χ1v) is 9.85. The van der Waals surface area contributed by atoms with Crippen molar-refractivity contribution in [1.82, 2.24) is 0 Å². The molecule has 0 unspecified atom stereocenters. The Morgan fingerprint density at radius 2 is 1.59 bits per heavy atom. The van der Waals surface area contributed by atoms with Crippen molar-refractivity contribution in [3.8, 4) is 28.9 Å². The summed E-state index contributed by atoms with van der Waals surface area (Å²) in [6, 6.07) is 15.6. The molecule has 0 saturated carbocycles. The summed E-state index contributed by atoms with van der Waals surface area (Å²) in [7, 11) is 0. The molecule has 32 heavy (non-hydrogen) atoms. The van der Waals surface area contributed by atoms with E-state index < -0.39 is 23.4 Å². The molecule has 6 heteroatoms. The third kappa shape index (κ3) is 3.58. The average Bonchev–Trinajstić information content (AvgIpc) is 3.07. The Bertz CT molecular complexity index is 1420. The highest BCUT2D eigenvalue weighted by molar-refractivity contribution is 6.01. The van der Waals surface area contributed by atoms with E-state index in [2.05, 4.69) is 11.8 Å². The molecule has 0 aliphatic carbocycles. The van der Waals surface area contributed by atoms with Gasteiger partial charge < -0.3 is 13.9 Å². The van der Waals surface area contributed by atoms with Gasteiger partial charge in [0.1, 0.15) is 28.5 Å². The van der Waals surface area contributed by atoms with Crippen LogP contribution < -0.4 is 4.74 Å². The highest BCUT2D eigenvalue weighted by Crippen LogP contribution is 2.39. The van der Waals surface area contributed by atoms with Gasteiger partial charge in [0.05, 0.1) is 5.56 Å². The van der Waals surface area contributed by atoms with E-state index in [4.69, 9.17) is 13.9 Å². The van der Waals surface area contributed by atoms with Gasteiger partial charge in [0, 0.05) is 42.5 Å². The Morgan fingerprint density at radius 3 is 2.31 bits per heavy atom. The molecule has 0 atom stereocenters. The molecule has 0 N–H and O–H groups in total. The number of halogens is 2. The first-order chi connectivity index (χ1) is 15.3. The van der Waals surface area contributed by atoms with E-state index >= 15 is 0 Å². The zero-order chi connectivity index (χ0) is 22.5. The molecule has 5 rings (SSSR count). The summed E-state index contributed by atoms with van der Waals surface area (Å²) >= 11 is 0. The fraction of sp³-hybridized carbons (Fsp3) is 0.115. The van der Waals surface area contributed by atoms with E-state index in [1.807, 2.05) is 30.3 Å². The molecule has 1 aromatic heterocycles. The molecule has 0 fully saturated rings. The van der Waals surface area contributed by atoms with Crippen LogP contribution >= 0.6 is 0 Å². The first kappa shape index (κ1) is 19.8. The number of cyclic esters (lactones) is 1. The van der Waals surface area contributed by atoms with Crippen LogP contribution in [0.15, 0.2) is 65.1 Å². The Morgan fingerprint density at radius 1 is 0.875 bits per heavy atom. The average molecular weight is 430 g/mol. The van der Waals surface area contributed by atoms with Crippen LogP contribution in [0, 0.1) is 23.5 Å². The molecular formula is C26H16F2O4. The molecule has 0 saturated heterocycles. The molecule has 1 aliphatic heterocycles. The summed E-state index contributed by atoms with van der Waals surface area (Å²) in [6.45, 7) is 3.29. The van der Waals surface area contributed by atoms with Crippen LogP contribution in [-0.4, -0.2) is 11.8 Å². The highest BCUT2D eigenvalue weighted by Gasteiger charge is 2.35. The maximum absolute atomic E-state index is 13.6. The second kappa shape index (κ2) is 7.24. The third-order valence-corrected chi connectivity index (χ3v) is 4.93. The van der Waals surface area contributed by atoms with E-state index in [-0.39, 0.29) is 11.1 Å². The predicted molar refractivity (Wildman–Crippen MR) is 114 cm³/mol. The van der Waals surface area contributed by atoms with Crippen LogP contribution in [0.2, 0.25) is 0 Å². The van der Waals surface area contributed by atoms with Gasteiger partial charge in [0.15, 0.2) is 5.76 Å². The number of rotatable bonds is 1. The number of hydrogen-bond donors (Lipinski definition) is 0. The first-order valence-electron chi connectivity index (χ1n) is 9.85. The van der Waals surface area contributed by atoms with Crippen LogP contribution in [-0.2, 0) is 4.74 Å². The van der Waals surface area contributed by atoms with Gasteiger partial charge in [0.25, 0.3) is 0 Å². The third-order valence-electron chi connectivity index (χ3n) is 4.93. The smallest absolute Gasteiger partial charge is 0.345 e. The fourth-order valence-corrected chi connectivity index (χ4v) is 3.61. The van der Waals surface area contributed by atoms with Gasteiger partial charge in [0.2, 0.25) is 5.79 Å². The van der Waals surface area contributed by atoms with Crippen LogP contribution in [0.4, 0.5) is 8.78 Å². The Labute approximate surface area is 182 Å². The number of benzene rings is 3. The predicted octanol–water partition coefficient (Wildman–Crippen LogP) is 6.06. The summed E-state index contributed by atoms with van der Waals surface area (Å²) in [5.41, 5.74) is 2.13. The zero-order valence-electron chi connectivity index (χ0n) is 17.2. The largest absolute Gasteiger partial charge is 0.455 e. The molecule has 0 bridgehead atoms. The monoisotopic (exact) mass is 430 g/mol. The number of hydrogen-bond acceptors (Lipinski definition) is 4. The molecule has 1 aliphatic rings. The van der Waals surface area contributed by atoms with Crippen molar-refractivity contribution in [3.05, 3.63) is 89.0 Å². The van der Waals surface area contributed by atoms with Gasteiger partial charge in [-0.1, -0.05) is 42.2 Å². The van der Waals surface area contributed by atoms with Crippen molar-refractivity contribution >= 4 is 16.9 Å². The van der Waals surface area contributed by atoms with Gasteiger partial charge in [-0.25, -0.2) is 13.6 Å². The van der Waals surface area contributed by atoms with Gasteiger partial charge in [-0.05, 0) is 18.2 Å². The van der Waals surface area contributed by atoms with Crippen LogP contribution in [0.25, 0.3) is 22.3 Å². The fourth-order valence-electron chi connectivity index (χ4n) is 3.61. The lowest BCUT2D eigenvalue weighted by Gasteiger charge is -2.31. The van der Waals surface area contributed by atoms with Crippen LogP contribution in [0.3, 0.4) is 0 Å². The lowest BCUT2D eigenvalue weighted by atomic mass is 10.0. The summed E-state index contributed by atoms with van der Waals surface area (Å²) < 4.78 is 44.4. The lowest BCUT2D eigenvalue weighted by molar-refractivity contribution is -0.127. The molecule has 0 radical (unpaired) electrons. The van der Waals surface area contributed by atoms with Crippen molar-refractivity contribution in [1.29, 1.82) is 0 Å². The van der Waals surface area contributed by atoms with E-state index in [1.54, 1.807) is 26.0 Å². The van der Waals surface area contributed by atoms with E-state index in [9.17, 15) is 13.6 Å². The van der Waals surface area contributed by atoms with E-state index in [0.29, 0.717) is 28.0 Å². The maximum atomic E-state index is 13.6. The van der Waals surface area contributed by atoms with Gasteiger partial charge in [-0.15, -0.1) is 0 Å². The topological polar surface area (TPSA) is 48.7 Å². The second-order valence-electron chi connectivity index (χ2n) is 7.82. The lowest BCUT2D eigenvalue weighted by Crippen LogP contribution is -2.38. The van der Waals surface area contributed by atoms with Crippen molar-refractivity contribution in [2.75, 3.05) is 0 Å². The number of carbonyl (C=O) groups is 1. The van der Waals surface area contributed by atoms with Crippen molar-refractivity contribution in [2.45, 2.75) is 19.6 Å². The normalized spacial score (nSPS) is 14.2. The van der Waals surface area contributed by atoms with Crippen molar-refractivity contribution in [2.24, 2.45) is 0 Å². The molecule has 0 spiro atoms. The van der Waals surface area contributed by atoms with Crippen LogP contribution in [0.1, 0.15) is 35.3 Å². The SMILES string of the molecule is CC1(C)OC(=O)c2cc3c(C#Cc4cc(F)cc(F)c4)c(-c4ccccc4)oc3cc2O1. The van der Waals surface area contributed by atoms with Crippen molar-refractivity contribution < 1.29 is 27.5 Å². The summed E-state index contributed by atoms with van der Waals surface area (Å²) in [4.78, 5) is 12.5. The van der Waals surface area contributed by atoms with Crippen LogP contribution in [0.5, 0.6) is 5.75 Å². The molecule has 4 nitrogen and oxygen atoms in total. The number of furan rings is 1.